The van der Waals surface area contributed by atoms with Gasteiger partial charge in [-0.15, -0.1) is 0 Å². The first kappa shape index (κ1) is 12.2. The second kappa shape index (κ2) is 4.53. The van der Waals surface area contributed by atoms with E-state index in [2.05, 4.69) is 0 Å². The summed E-state index contributed by atoms with van der Waals surface area (Å²) in [7, 11) is 0. The molecule has 2 rings (SSSR count). The predicted octanol–water partition coefficient (Wildman–Crippen LogP) is 2.95. The zero-order chi connectivity index (χ0) is 13.3. The summed E-state index contributed by atoms with van der Waals surface area (Å²) in [6.07, 6.45) is 0. The van der Waals surface area contributed by atoms with Crippen molar-refractivity contribution >= 4 is 5.78 Å². The Morgan fingerprint density at radius 3 is 2.17 bits per heavy atom. The van der Waals surface area contributed by atoms with Crippen LogP contribution in [0.1, 0.15) is 27.0 Å². The Kier molecular flexibility index (Phi) is 3.06. The molecule has 0 aromatic heterocycles. The lowest BCUT2D eigenvalue weighted by Crippen LogP contribution is -2.05. The number of phenolic OH excluding ortho intramolecular Hbond substituents is 2. The summed E-state index contributed by atoms with van der Waals surface area (Å²) in [6, 6.07) is 9.98. The minimum Gasteiger partial charge on any atom is -0.504 e. The number of aryl methyl sites for hydroxylation is 2. The van der Waals surface area contributed by atoms with Crippen molar-refractivity contribution in [2.75, 3.05) is 0 Å². The Morgan fingerprint density at radius 2 is 1.50 bits per heavy atom. The highest BCUT2D eigenvalue weighted by Gasteiger charge is 2.16. The van der Waals surface area contributed by atoms with Crippen molar-refractivity contribution in [1.29, 1.82) is 0 Å². The molecular weight excluding hydrogens is 228 g/mol. The molecule has 2 aromatic rings. The fraction of sp³-hybridized carbons (Fsp3) is 0.133. The van der Waals surface area contributed by atoms with Crippen LogP contribution >= 0.6 is 0 Å². The van der Waals surface area contributed by atoms with E-state index in [0.29, 0.717) is 16.7 Å². The Morgan fingerprint density at radius 1 is 0.889 bits per heavy atom. The number of benzene rings is 2. The molecule has 0 amide bonds. The molecule has 0 fully saturated rings. The molecule has 0 aliphatic carbocycles. The molecule has 0 bridgehead atoms. The van der Waals surface area contributed by atoms with E-state index in [1.165, 1.54) is 12.1 Å². The van der Waals surface area contributed by atoms with Gasteiger partial charge in [-0.3, -0.25) is 4.79 Å². The van der Waals surface area contributed by atoms with Gasteiger partial charge in [0.15, 0.2) is 17.3 Å². The van der Waals surface area contributed by atoms with Gasteiger partial charge in [0.1, 0.15) is 0 Å². The normalized spacial score (nSPS) is 10.3. The minimum absolute atomic E-state index is 0.152. The maximum atomic E-state index is 12.4. The predicted molar refractivity (Wildman–Crippen MR) is 69.1 cm³/mol. The monoisotopic (exact) mass is 242 g/mol. The number of aromatic hydroxyl groups is 2. The molecule has 0 unspecified atom stereocenters. The molecule has 0 radical (unpaired) electrons. The Balaban J connectivity index is 2.53. The number of carbonyl (C=O) groups excluding carboxylic acids is 1. The number of phenols is 2. The van der Waals surface area contributed by atoms with Crippen LogP contribution < -0.4 is 0 Å². The van der Waals surface area contributed by atoms with Crippen molar-refractivity contribution in [3.8, 4) is 11.5 Å². The SMILES string of the molecule is Cc1ccccc1C(=O)c1cc(O)c(O)cc1C. The summed E-state index contributed by atoms with van der Waals surface area (Å²) in [6.45, 7) is 3.59. The van der Waals surface area contributed by atoms with Crippen LogP contribution in [0.3, 0.4) is 0 Å². The summed E-state index contributed by atoms with van der Waals surface area (Å²) in [5.41, 5.74) is 2.53. The van der Waals surface area contributed by atoms with E-state index in [9.17, 15) is 15.0 Å². The lowest BCUT2D eigenvalue weighted by atomic mass is 9.96. The van der Waals surface area contributed by atoms with Crippen LogP contribution in [0, 0.1) is 13.8 Å². The van der Waals surface area contributed by atoms with Crippen molar-refractivity contribution in [1.82, 2.24) is 0 Å². The lowest BCUT2D eigenvalue weighted by Gasteiger charge is -2.09. The largest absolute Gasteiger partial charge is 0.504 e. The van der Waals surface area contributed by atoms with Crippen LogP contribution in [0.2, 0.25) is 0 Å². The summed E-state index contributed by atoms with van der Waals surface area (Å²) in [5.74, 6) is -0.646. The average molecular weight is 242 g/mol. The summed E-state index contributed by atoms with van der Waals surface area (Å²) in [4.78, 5) is 12.4. The van der Waals surface area contributed by atoms with Gasteiger partial charge in [0, 0.05) is 11.1 Å². The van der Waals surface area contributed by atoms with Crippen LogP contribution in [0.25, 0.3) is 0 Å². The summed E-state index contributed by atoms with van der Waals surface area (Å²) >= 11 is 0. The van der Waals surface area contributed by atoms with Crippen LogP contribution in [-0.2, 0) is 0 Å². The molecule has 0 heterocycles. The van der Waals surface area contributed by atoms with E-state index >= 15 is 0 Å². The van der Waals surface area contributed by atoms with Gasteiger partial charge >= 0.3 is 0 Å². The van der Waals surface area contributed by atoms with E-state index in [1.807, 2.05) is 19.1 Å². The molecule has 2 aromatic carbocycles. The first-order valence-corrected chi connectivity index (χ1v) is 5.63. The van der Waals surface area contributed by atoms with E-state index < -0.39 is 0 Å². The van der Waals surface area contributed by atoms with Crippen molar-refractivity contribution in [2.24, 2.45) is 0 Å². The van der Waals surface area contributed by atoms with Crippen LogP contribution in [0.15, 0.2) is 36.4 Å². The van der Waals surface area contributed by atoms with Gasteiger partial charge in [-0.2, -0.15) is 0 Å². The molecule has 3 nitrogen and oxygen atoms in total. The zero-order valence-electron chi connectivity index (χ0n) is 10.3. The van der Waals surface area contributed by atoms with E-state index in [4.69, 9.17) is 0 Å². The quantitative estimate of drug-likeness (QED) is 0.628. The van der Waals surface area contributed by atoms with Gasteiger partial charge in [-0.05, 0) is 37.1 Å². The smallest absolute Gasteiger partial charge is 0.193 e. The molecule has 0 aliphatic rings. The first-order valence-electron chi connectivity index (χ1n) is 5.63. The zero-order valence-corrected chi connectivity index (χ0v) is 10.3. The Bertz CT molecular complexity index is 615. The third-order valence-electron chi connectivity index (χ3n) is 2.96. The highest BCUT2D eigenvalue weighted by molar-refractivity contribution is 6.11. The third kappa shape index (κ3) is 2.07. The molecule has 0 saturated carbocycles. The van der Waals surface area contributed by atoms with E-state index in [-0.39, 0.29) is 17.3 Å². The van der Waals surface area contributed by atoms with Crippen LogP contribution in [-0.4, -0.2) is 16.0 Å². The maximum Gasteiger partial charge on any atom is 0.193 e. The molecule has 92 valence electrons. The van der Waals surface area contributed by atoms with Gasteiger partial charge < -0.3 is 10.2 Å². The highest BCUT2D eigenvalue weighted by Crippen LogP contribution is 2.29. The van der Waals surface area contributed by atoms with Crippen molar-refractivity contribution in [2.45, 2.75) is 13.8 Å². The van der Waals surface area contributed by atoms with Gasteiger partial charge in [-0.25, -0.2) is 0 Å². The van der Waals surface area contributed by atoms with E-state index in [1.54, 1.807) is 19.1 Å². The van der Waals surface area contributed by atoms with E-state index in [0.717, 1.165) is 5.56 Å². The van der Waals surface area contributed by atoms with Gasteiger partial charge in [0.25, 0.3) is 0 Å². The van der Waals surface area contributed by atoms with Crippen LogP contribution in [0.5, 0.6) is 11.5 Å². The van der Waals surface area contributed by atoms with Gasteiger partial charge in [0.2, 0.25) is 0 Å². The fourth-order valence-corrected chi connectivity index (χ4v) is 1.90. The fourth-order valence-electron chi connectivity index (χ4n) is 1.90. The van der Waals surface area contributed by atoms with Gasteiger partial charge in [-0.1, -0.05) is 24.3 Å². The number of carbonyl (C=O) groups is 1. The second-order valence-electron chi connectivity index (χ2n) is 4.30. The number of hydrogen-bond acceptors (Lipinski definition) is 3. The minimum atomic E-state index is -0.280. The number of ketones is 1. The maximum absolute atomic E-state index is 12.4. The third-order valence-corrected chi connectivity index (χ3v) is 2.96. The topological polar surface area (TPSA) is 57.5 Å². The molecule has 18 heavy (non-hydrogen) atoms. The molecule has 0 saturated heterocycles. The highest BCUT2D eigenvalue weighted by atomic mass is 16.3. The second-order valence-corrected chi connectivity index (χ2v) is 4.30. The number of hydrogen-bond donors (Lipinski definition) is 2. The van der Waals surface area contributed by atoms with Crippen molar-refractivity contribution in [3.05, 3.63) is 58.7 Å². The lowest BCUT2D eigenvalue weighted by molar-refractivity contribution is 0.103. The molecule has 0 atom stereocenters. The van der Waals surface area contributed by atoms with Crippen LogP contribution in [0.4, 0.5) is 0 Å². The molecule has 2 N–H and O–H groups in total. The Hall–Kier alpha value is -2.29. The molecule has 3 heteroatoms. The van der Waals surface area contributed by atoms with Crippen molar-refractivity contribution < 1.29 is 15.0 Å². The summed E-state index contributed by atoms with van der Waals surface area (Å²) in [5, 5.41) is 18.9. The standard InChI is InChI=1S/C15H14O3/c1-9-5-3-4-6-11(9)15(18)12-8-14(17)13(16)7-10(12)2/h3-8,16-17H,1-2H3. The Labute approximate surface area is 105 Å². The summed E-state index contributed by atoms with van der Waals surface area (Å²) < 4.78 is 0. The molecular formula is C15H14O3. The van der Waals surface area contributed by atoms with Crippen molar-refractivity contribution in [3.63, 3.8) is 0 Å². The molecule has 0 aliphatic heterocycles. The first-order chi connectivity index (χ1) is 8.50. The molecule has 0 spiro atoms. The van der Waals surface area contributed by atoms with Gasteiger partial charge in [0.05, 0.1) is 0 Å². The number of rotatable bonds is 2. The average Bonchev–Trinajstić information content (AvgIpc) is 2.33.